The highest BCUT2D eigenvalue weighted by molar-refractivity contribution is 6.07. The predicted molar refractivity (Wildman–Crippen MR) is 82.8 cm³/mol. The minimum absolute atomic E-state index is 0.229. The Labute approximate surface area is 126 Å². The maximum Gasteiger partial charge on any atom is 0.325 e. The number of nitrogens with one attached hydrogen (secondary N) is 1. The van der Waals surface area contributed by atoms with Gasteiger partial charge in [-0.2, -0.15) is 0 Å². The lowest BCUT2D eigenvalue weighted by atomic mass is 9.90. The van der Waals surface area contributed by atoms with E-state index in [1.165, 1.54) is 19.3 Å². The quantitative estimate of drug-likeness (QED) is 0.617. The third kappa shape index (κ3) is 3.09. The van der Waals surface area contributed by atoms with Gasteiger partial charge in [0.05, 0.1) is 0 Å². The highest BCUT2D eigenvalue weighted by Crippen LogP contribution is 2.33. The van der Waals surface area contributed by atoms with E-state index >= 15 is 0 Å². The SMILES string of the molecule is CCCCCCCN1C(=O)NC(=O)C1(C)c1ccccc1. The van der Waals surface area contributed by atoms with Crippen LogP contribution in [0.3, 0.4) is 0 Å². The summed E-state index contributed by atoms with van der Waals surface area (Å²) in [6, 6.07) is 9.25. The van der Waals surface area contributed by atoms with Crippen molar-refractivity contribution < 1.29 is 9.59 Å². The van der Waals surface area contributed by atoms with E-state index in [1.54, 1.807) is 4.90 Å². The minimum atomic E-state index is -0.886. The summed E-state index contributed by atoms with van der Waals surface area (Å²) in [5.41, 5.74) is -0.0229. The van der Waals surface area contributed by atoms with Crippen LogP contribution in [0.5, 0.6) is 0 Å². The zero-order valence-electron chi connectivity index (χ0n) is 12.9. The second-order valence-corrected chi connectivity index (χ2v) is 5.76. The number of amides is 3. The summed E-state index contributed by atoms with van der Waals surface area (Å²) in [5, 5.41) is 2.46. The van der Waals surface area contributed by atoms with Crippen LogP contribution in [0.2, 0.25) is 0 Å². The number of nitrogens with zero attached hydrogens (tertiary/aromatic N) is 1. The molecule has 1 N–H and O–H groups in total. The summed E-state index contributed by atoms with van der Waals surface area (Å²) in [5.74, 6) is -0.229. The van der Waals surface area contributed by atoms with Crippen molar-refractivity contribution in [2.45, 2.75) is 51.5 Å². The molecule has 0 bridgehead atoms. The number of carbonyl (C=O) groups is 2. The molecule has 1 aliphatic heterocycles. The van der Waals surface area contributed by atoms with E-state index in [2.05, 4.69) is 12.2 Å². The van der Waals surface area contributed by atoms with Crippen LogP contribution in [-0.2, 0) is 10.3 Å². The van der Waals surface area contributed by atoms with Gasteiger partial charge < -0.3 is 4.90 Å². The Balaban J connectivity index is 2.10. The molecule has 4 nitrogen and oxygen atoms in total. The van der Waals surface area contributed by atoms with Gasteiger partial charge in [-0.1, -0.05) is 62.9 Å². The van der Waals surface area contributed by atoms with E-state index in [-0.39, 0.29) is 11.9 Å². The fraction of sp³-hybridized carbons (Fsp3) is 0.529. The van der Waals surface area contributed by atoms with Gasteiger partial charge >= 0.3 is 6.03 Å². The Bertz CT molecular complexity index is 501. The Hall–Kier alpha value is -1.84. The average Bonchev–Trinajstić information content (AvgIpc) is 2.71. The molecule has 1 heterocycles. The molecule has 1 fully saturated rings. The van der Waals surface area contributed by atoms with E-state index in [9.17, 15) is 9.59 Å². The Morgan fingerprint density at radius 2 is 1.71 bits per heavy atom. The highest BCUT2D eigenvalue weighted by Gasteiger charge is 2.49. The zero-order valence-corrected chi connectivity index (χ0v) is 12.9. The number of urea groups is 1. The van der Waals surface area contributed by atoms with Crippen molar-refractivity contribution in [1.29, 1.82) is 0 Å². The molecule has 1 aromatic rings. The molecule has 1 atom stereocenters. The average molecular weight is 288 g/mol. The fourth-order valence-corrected chi connectivity index (χ4v) is 2.86. The predicted octanol–water partition coefficient (Wildman–Crippen LogP) is 3.42. The smallest absolute Gasteiger partial charge is 0.306 e. The molecular formula is C17H24N2O2. The first kappa shape index (κ1) is 15.5. The molecule has 0 aliphatic carbocycles. The first-order valence-corrected chi connectivity index (χ1v) is 7.79. The van der Waals surface area contributed by atoms with Gasteiger partial charge in [0.1, 0.15) is 5.54 Å². The van der Waals surface area contributed by atoms with Crippen molar-refractivity contribution in [2.75, 3.05) is 6.54 Å². The largest absolute Gasteiger partial charge is 0.325 e. The lowest BCUT2D eigenvalue weighted by Crippen LogP contribution is -2.44. The Morgan fingerprint density at radius 1 is 1.05 bits per heavy atom. The second kappa shape index (κ2) is 6.74. The number of unbranched alkanes of at least 4 members (excludes halogenated alkanes) is 4. The van der Waals surface area contributed by atoms with Crippen LogP contribution >= 0.6 is 0 Å². The number of rotatable bonds is 7. The maximum atomic E-state index is 12.3. The van der Waals surface area contributed by atoms with Crippen molar-refractivity contribution in [2.24, 2.45) is 0 Å². The number of carbonyl (C=O) groups excluding carboxylic acids is 2. The third-order valence-corrected chi connectivity index (χ3v) is 4.27. The van der Waals surface area contributed by atoms with Crippen LogP contribution < -0.4 is 5.32 Å². The van der Waals surface area contributed by atoms with Gasteiger partial charge in [-0.15, -0.1) is 0 Å². The molecule has 1 aromatic carbocycles. The van der Waals surface area contributed by atoms with Crippen molar-refractivity contribution >= 4 is 11.9 Å². The summed E-state index contributed by atoms with van der Waals surface area (Å²) in [6.45, 7) is 4.63. The van der Waals surface area contributed by atoms with Crippen LogP contribution in [-0.4, -0.2) is 23.4 Å². The van der Waals surface area contributed by atoms with E-state index in [1.807, 2.05) is 37.3 Å². The van der Waals surface area contributed by atoms with Crippen LogP contribution in [0.1, 0.15) is 51.5 Å². The van der Waals surface area contributed by atoms with Gasteiger partial charge in [0, 0.05) is 6.54 Å². The van der Waals surface area contributed by atoms with Gasteiger partial charge in [-0.05, 0) is 18.9 Å². The zero-order chi connectivity index (χ0) is 15.3. The summed E-state index contributed by atoms with van der Waals surface area (Å²) < 4.78 is 0. The number of benzene rings is 1. The standard InChI is InChI=1S/C17H24N2O2/c1-3-4-5-6-10-13-19-16(21)18-15(20)17(19,2)14-11-8-7-9-12-14/h7-9,11-12H,3-6,10,13H2,1-2H3,(H,18,20,21). The third-order valence-electron chi connectivity index (χ3n) is 4.27. The number of hydrogen-bond acceptors (Lipinski definition) is 2. The lowest BCUT2D eigenvalue weighted by molar-refractivity contribution is -0.126. The van der Waals surface area contributed by atoms with E-state index in [0.717, 1.165) is 18.4 Å². The highest BCUT2D eigenvalue weighted by atomic mass is 16.2. The molecule has 1 saturated heterocycles. The molecule has 0 aromatic heterocycles. The van der Waals surface area contributed by atoms with Crippen LogP contribution in [0, 0.1) is 0 Å². The maximum absolute atomic E-state index is 12.3. The van der Waals surface area contributed by atoms with Crippen molar-refractivity contribution in [1.82, 2.24) is 10.2 Å². The molecule has 4 heteroatoms. The van der Waals surface area contributed by atoms with E-state index < -0.39 is 5.54 Å². The normalized spacial score (nSPS) is 21.7. The molecule has 1 aliphatic rings. The van der Waals surface area contributed by atoms with Crippen molar-refractivity contribution in [3.63, 3.8) is 0 Å². The summed E-state index contributed by atoms with van der Waals surface area (Å²) >= 11 is 0. The molecule has 1 unspecified atom stereocenters. The van der Waals surface area contributed by atoms with Crippen LogP contribution in [0.15, 0.2) is 30.3 Å². The minimum Gasteiger partial charge on any atom is -0.306 e. The molecule has 0 radical (unpaired) electrons. The van der Waals surface area contributed by atoms with Gasteiger partial charge in [0.15, 0.2) is 0 Å². The first-order chi connectivity index (χ1) is 10.1. The number of hydrogen-bond donors (Lipinski definition) is 1. The van der Waals surface area contributed by atoms with Gasteiger partial charge in [0.25, 0.3) is 5.91 Å². The molecule has 114 valence electrons. The molecular weight excluding hydrogens is 264 g/mol. The molecule has 0 saturated carbocycles. The van der Waals surface area contributed by atoms with Gasteiger partial charge in [-0.25, -0.2) is 4.79 Å². The number of imide groups is 1. The summed E-state index contributed by atoms with van der Waals surface area (Å²) in [7, 11) is 0. The summed E-state index contributed by atoms with van der Waals surface area (Å²) in [6.07, 6.45) is 5.63. The second-order valence-electron chi connectivity index (χ2n) is 5.76. The van der Waals surface area contributed by atoms with Crippen molar-refractivity contribution in [3.8, 4) is 0 Å². The Kier molecular flexibility index (Phi) is 4.99. The van der Waals surface area contributed by atoms with Crippen LogP contribution in [0.4, 0.5) is 4.79 Å². The van der Waals surface area contributed by atoms with E-state index in [4.69, 9.17) is 0 Å². The fourth-order valence-electron chi connectivity index (χ4n) is 2.86. The topological polar surface area (TPSA) is 49.4 Å². The van der Waals surface area contributed by atoms with E-state index in [0.29, 0.717) is 6.54 Å². The van der Waals surface area contributed by atoms with Gasteiger partial charge in [0.2, 0.25) is 0 Å². The van der Waals surface area contributed by atoms with Crippen molar-refractivity contribution in [3.05, 3.63) is 35.9 Å². The summed E-state index contributed by atoms with van der Waals surface area (Å²) in [4.78, 5) is 26.0. The molecule has 0 spiro atoms. The molecule has 3 amide bonds. The molecule has 21 heavy (non-hydrogen) atoms. The Morgan fingerprint density at radius 3 is 2.38 bits per heavy atom. The van der Waals surface area contributed by atoms with Crippen LogP contribution in [0.25, 0.3) is 0 Å². The lowest BCUT2D eigenvalue weighted by Gasteiger charge is -2.32. The van der Waals surface area contributed by atoms with Gasteiger partial charge in [-0.3, -0.25) is 10.1 Å². The monoisotopic (exact) mass is 288 g/mol. The first-order valence-electron chi connectivity index (χ1n) is 7.79. The molecule has 2 rings (SSSR count).